The Morgan fingerprint density at radius 2 is 2.10 bits per heavy atom. The van der Waals surface area contributed by atoms with Crippen LogP contribution in [-0.2, 0) is 20.1 Å². The maximum atomic E-state index is 4.81. The predicted octanol–water partition coefficient (Wildman–Crippen LogP) is 3.06. The minimum Gasteiger partial charge on any atom is -0.352 e. The first-order chi connectivity index (χ1) is 13.7. The number of aromatic nitrogens is 3. The summed E-state index contributed by atoms with van der Waals surface area (Å²) in [5.74, 6) is 2.66. The highest BCUT2D eigenvalue weighted by Gasteiger charge is 2.30. The molecule has 9 heteroatoms. The summed E-state index contributed by atoms with van der Waals surface area (Å²) in [7, 11) is 1.99. The molecule has 0 radical (unpaired) electrons. The van der Waals surface area contributed by atoms with Crippen molar-refractivity contribution in [3.8, 4) is 0 Å². The van der Waals surface area contributed by atoms with Gasteiger partial charge in [0.05, 0.1) is 6.54 Å². The molecule has 7 nitrogen and oxygen atoms in total. The van der Waals surface area contributed by atoms with Crippen LogP contribution in [0.5, 0.6) is 0 Å². The van der Waals surface area contributed by atoms with Crippen LogP contribution in [0.1, 0.15) is 48.6 Å². The molecule has 1 unspecified atom stereocenters. The minimum atomic E-state index is 0. The molecule has 2 aliphatic rings. The van der Waals surface area contributed by atoms with Crippen molar-refractivity contribution in [1.82, 2.24) is 30.3 Å². The van der Waals surface area contributed by atoms with Gasteiger partial charge in [-0.2, -0.15) is 0 Å². The van der Waals surface area contributed by atoms with Gasteiger partial charge in [-0.15, -0.1) is 45.5 Å². The zero-order chi connectivity index (χ0) is 19.3. The molecular formula is C20H32IN7S. The van der Waals surface area contributed by atoms with Crippen LogP contribution in [-0.4, -0.2) is 50.8 Å². The summed E-state index contributed by atoms with van der Waals surface area (Å²) in [5.41, 5.74) is 0. The van der Waals surface area contributed by atoms with Crippen molar-refractivity contribution in [2.24, 2.45) is 12.0 Å². The standard InChI is InChI=1S/C20H31N7S.HI/c1-15-24-25-19(26(15)2)13-22-20(21-12-18-8-5-11-28-18)23-16-9-10-27(14-16)17-6-3-4-7-17;/h5,8,11,16-17H,3-4,6-7,9-10,12-14H2,1-2H3,(H2,21,22,23);1H. The third kappa shape index (κ3) is 5.91. The van der Waals surface area contributed by atoms with Crippen LogP contribution >= 0.6 is 35.3 Å². The van der Waals surface area contributed by atoms with E-state index in [4.69, 9.17) is 4.99 Å². The Kier molecular flexibility index (Phi) is 8.31. The first kappa shape index (κ1) is 22.5. The van der Waals surface area contributed by atoms with Gasteiger partial charge in [-0.3, -0.25) is 4.90 Å². The number of nitrogens with zero attached hydrogens (tertiary/aromatic N) is 5. The smallest absolute Gasteiger partial charge is 0.192 e. The van der Waals surface area contributed by atoms with E-state index >= 15 is 0 Å². The third-order valence-corrected chi connectivity index (χ3v) is 6.85. The number of guanidine groups is 1. The molecule has 0 amide bonds. The zero-order valence-electron chi connectivity index (χ0n) is 17.3. The molecule has 1 saturated heterocycles. The second-order valence-electron chi connectivity index (χ2n) is 7.88. The van der Waals surface area contributed by atoms with Crippen molar-refractivity contribution in [3.63, 3.8) is 0 Å². The highest BCUT2D eigenvalue weighted by Crippen LogP contribution is 2.26. The zero-order valence-corrected chi connectivity index (χ0v) is 20.5. The largest absolute Gasteiger partial charge is 0.352 e. The normalized spacial score (nSPS) is 20.8. The number of hydrogen-bond acceptors (Lipinski definition) is 5. The molecule has 2 aromatic heterocycles. The molecule has 2 fully saturated rings. The fraction of sp³-hybridized carbons (Fsp3) is 0.650. The van der Waals surface area contributed by atoms with E-state index in [0.717, 1.165) is 36.7 Å². The third-order valence-electron chi connectivity index (χ3n) is 5.97. The van der Waals surface area contributed by atoms with E-state index in [0.29, 0.717) is 12.6 Å². The van der Waals surface area contributed by atoms with Crippen molar-refractivity contribution in [3.05, 3.63) is 34.0 Å². The van der Waals surface area contributed by atoms with Crippen molar-refractivity contribution >= 4 is 41.3 Å². The lowest BCUT2D eigenvalue weighted by atomic mass is 10.2. The van der Waals surface area contributed by atoms with Crippen LogP contribution in [0.25, 0.3) is 0 Å². The Labute approximate surface area is 194 Å². The van der Waals surface area contributed by atoms with Crippen molar-refractivity contribution in [1.29, 1.82) is 0 Å². The van der Waals surface area contributed by atoms with E-state index in [2.05, 4.69) is 43.2 Å². The number of nitrogens with one attached hydrogen (secondary N) is 2. The summed E-state index contributed by atoms with van der Waals surface area (Å²) in [4.78, 5) is 8.79. The summed E-state index contributed by atoms with van der Waals surface area (Å²) >= 11 is 1.77. The van der Waals surface area contributed by atoms with Gasteiger partial charge in [-0.1, -0.05) is 18.9 Å². The predicted molar refractivity (Wildman–Crippen MR) is 129 cm³/mol. The molecule has 160 valence electrons. The summed E-state index contributed by atoms with van der Waals surface area (Å²) in [6.45, 7) is 5.59. The molecule has 2 N–H and O–H groups in total. The number of aryl methyl sites for hydroxylation is 1. The quantitative estimate of drug-likeness (QED) is 0.342. The highest BCUT2D eigenvalue weighted by atomic mass is 127. The summed E-state index contributed by atoms with van der Waals surface area (Å²) in [6.07, 6.45) is 6.71. The van der Waals surface area contributed by atoms with Gasteiger partial charge in [0.25, 0.3) is 0 Å². The second-order valence-corrected chi connectivity index (χ2v) is 8.92. The molecule has 0 bridgehead atoms. The van der Waals surface area contributed by atoms with Gasteiger partial charge in [0.1, 0.15) is 12.4 Å². The number of rotatable bonds is 6. The number of likely N-dealkylation sites (tertiary alicyclic amines) is 1. The number of halogens is 1. The van der Waals surface area contributed by atoms with Gasteiger partial charge >= 0.3 is 0 Å². The van der Waals surface area contributed by atoms with E-state index in [-0.39, 0.29) is 24.0 Å². The molecule has 2 aromatic rings. The van der Waals surface area contributed by atoms with Crippen molar-refractivity contribution in [2.45, 2.75) is 64.2 Å². The van der Waals surface area contributed by atoms with E-state index in [1.807, 2.05) is 18.5 Å². The maximum absolute atomic E-state index is 4.81. The Balaban J connectivity index is 0.00000240. The average molecular weight is 529 g/mol. The Hall–Kier alpha value is -1.20. The fourth-order valence-electron chi connectivity index (χ4n) is 4.17. The van der Waals surface area contributed by atoms with Crippen molar-refractivity contribution in [2.75, 3.05) is 13.1 Å². The lowest BCUT2D eigenvalue weighted by molar-refractivity contribution is 0.242. The lowest BCUT2D eigenvalue weighted by Crippen LogP contribution is -2.45. The topological polar surface area (TPSA) is 70.4 Å². The number of hydrogen-bond donors (Lipinski definition) is 2. The van der Waals surface area contributed by atoms with E-state index < -0.39 is 0 Å². The van der Waals surface area contributed by atoms with Crippen LogP contribution in [0.15, 0.2) is 22.5 Å². The molecule has 1 saturated carbocycles. The summed E-state index contributed by atoms with van der Waals surface area (Å²) in [6, 6.07) is 5.49. The van der Waals surface area contributed by atoms with Crippen LogP contribution in [0.4, 0.5) is 0 Å². The van der Waals surface area contributed by atoms with Crippen LogP contribution in [0.3, 0.4) is 0 Å². The van der Waals surface area contributed by atoms with Gasteiger partial charge in [-0.05, 0) is 37.6 Å². The molecule has 0 spiro atoms. The maximum Gasteiger partial charge on any atom is 0.192 e. The van der Waals surface area contributed by atoms with Gasteiger partial charge in [0.15, 0.2) is 11.8 Å². The average Bonchev–Trinajstić information content (AvgIpc) is 3.48. The summed E-state index contributed by atoms with van der Waals surface area (Å²) in [5, 5.41) is 17.7. The molecule has 0 aromatic carbocycles. The molecular weight excluding hydrogens is 497 g/mol. The van der Waals surface area contributed by atoms with Gasteiger partial charge in [0.2, 0.25) is 0 Å². The van der Waals surface area contributed by atoms with Crippen molar-refractivity contribution < 1.29 is 0 Å². The Morgan fingerprint density at radius 1 is 1.28 bits per heavy atom. The SMILES string of the molecule is Cc1nnc(CN=C(NCc2cccs2)NC2CCN(C3CCCC3)C2)n1C.I. The molecule has 1 aliphatic carbocycles. The van der Waals surface area contributed by atoms with Crippen LogP contribution in [0, 0.1) is 6.92 Å². The molecule has 1 atom stereocenters. The van der Waals surface area contributed by atoms with E-state index in [1.165, 1.54) is 43.5 Å². The minimum absolute atomic E-state index is 0. The van der Waals surface area contributed by atoms with Crippen LogP contribution in [0.2, 0.25) is 0 Å². The monoisotopic (exact) mass is 529 g/mol. The van der Waals surface area contributed by atoms with Crippen LogP contribution < -0.4 is 10.6 Å². The van der Waals surface area contributed by atoms with E-state index in [9.17, 15) is 0 Å². The van der Waals surface area contributed by atoms with Gasteiger partial charge in [-0.25, -0.2) is 4.99 Å². The molecule has 4 rings (SSSR count). The van der Waals surface area contributed by atoms with Gasteiger partial charge in [0, 0.05) is 37.1 Å². The summed E-state index contributed by atoms with van der Waals surface area (Å²) < 4.78 is 2.00. The number of aliphatic imine (C=N–C) groups is 1. The van der Waals surface area contributed by atoms with E-state index in [1.54, 1.807) is 11.3 Å². The highest BCUT2D eigenvalue weighted by molar-refractivity contribution is 14.0. The molecule has 3 heterocycles. The molecule has 1 aliphatic heterocycles. The Bertz CT molecular complexity index is 783. The Morgan fingerprint density at radius 3 is 2.79 bits per heavy atom. The number of thiophene rings is 1. The second kappa shape index (κ2) is 10.7. The lowest BCUT2D eigenvalue weighted by Gasteiger charge is -2.24. The van der Waals surface area contributed by atoms with Gasteiger partial charge < -0.3 is 15.2 Å². The molecule has 29 heavy (non-hydrogen) atoms. The fourth-order valence-corrected chi connectivity index (χ4v) is 4.82. The first-order valence-corrected chi connectivity index (χ1v) is 11.2. The first-order valence-electron chi connectivity index (χ1n) is 10.3.